The lowest BCUT2D eigenvalue weighted by molar-refractivity contribution is 0.836. The minimum Gasteiger partial charge on any atom is -0.358 e. The molecule has 0 amide bonds. The quantitative estimate of drug-likeness (QED) is 0.613. The van der Waals surface area contributed by atoms with Crippen molar-refractivity contribution in [2.45, 2.75) is 46.5 Å². The van der Waals surface area contributed by atoms with E-state index in [1.807, 2.05) is 12.3 Å². The molecule has 0 unspecified atom stereocenters. The summed E-state index contributed by atoms with van der Waals surface area (Å²) in [6, 6.07) is 8.52. The molecule has 23 heavy (non-hydrogen) atoms. The van der Waals surface area contributed by atoms with Crippen molar-refractivity contribution >= 4 is 22.5 Å². The summed E-state index contributed by atoms with van der Waals surface area (Å²) in [5.41, 5.74) is 6.96. The molecule has 0 bridgehead atoms. The van der Waals surface area contributed by atoms with E-state index in [1.54, 1.807) is 0 Å². The Bertz CT molecular complexity index is 846. The van der Waals surface area contributed by atoms with E-state index in [4.69, 9.17) is 11.6 Å². The van der Waals surface area contributed by atoms with E-state index < -0.39 is 0 Å². The molecular weight excluding hydrogens is 304 g/mol. The van der Waals surface area contributed by atoms with Gasteiger partial charge in [0.2, 0.25) is 0 Å². The third-order valence-electron chi connectivity index (χ3n) is 4.47. The van der Waals surface area contributed by atoms with Crippen LogP contribution in [0.25, 0.3) is 22.2 Å². The maximum absolute atomic E-state index is 6.54. The molecule has 0 aliphatic carbocycles. The number of halogens is 1. The van der Waals surface area contributed by atoms with Crippen molar-refractivity contribution in [1.82, 2.24) is 9.97 Å². The number of hydrogen-bond donors (Lipinski definition) is 1. The number of fused-ring (bicyclic) bond motifs is 1. The van der Waals surface area contributed by atoms with Crippen LogP contribution in [0.3, 0.4) is 0 Å². The molecule has 1 N–H and O–H groups in total. The second kappa shape index (κ2) is 6.37. The largest absolute Gasteiger partial charge is 0.358 e. The maximum atomic E-state index is 6.54. The lowest BCUT2D eigenvalue weighted by Gasteiger charge is -2.10. The number of aryl methyl sites for hydroxylation is 2. The van der Waals surface area contributed by atoms with Gasteiger partial charge in [-0.05, 0) is 54.2 Å². The number of pyridine rings is 1. The van der Waals surface area contributed by atoms with Crippen LogP contribution in [-0.2, 0) is 12.8 Å². The Morgan fingerprint density at radius 3 is 2.43 bits per heavy atom. The molecule has 1 aromatic carbocycles. The predicted molar refractivity (Wildman–Crippen MR) is 99.4 cm³/mol. The zero-order valence-corrected chi connectivity index (χ0v) is 15.0. The van der Waals surface area contributed by atoms with Crippen LogP contribution >= 0.6 is 11.6 Å². The van der Waals surface area contributed by atoms with Gasteiger partial charge in [-0.2, -0.15) is 0 Å². The van der Waals surface area contributed by atoms with Crippen molar-refractivity contribution in [3.8, 4) is 11.3 Å². The van der Waals surface area contributed by atoms with Gasteiger partial charge in [0, 0.05) is 28.4 Å². The summed E-state index contributed by atoms with van der Waals surface area (Å²) in [5.74, 6) is 0.471. The van der Waals surface area contributed by atoms with Gasteiger partial charge in [0.15, 0.2) is 0 Å². The van der Waals surface area contributed by atoms with E-state index >= 15 is 0 Å². The summed E-state index contributed by atoms with van der Waals surface area (Å²) in [7, 11) is 0. The zero-order valence-electron chi connectivity index (χ0n) is 14.2. The lowest BCUT2D eigenvalue weighted by Crippen LogP contribution is -1.95. The minimum absolute atomic E-state index is 0.471. The number of aromatic amines is 1. The first kappa shape index (κ1) is 16.1. The molecule has 0 spiro atoms. The molecule has 0 aliphatic heterocycles. The third-order valence-corrected chi connectivity index (χ3v) is 4.78. The zero-order chi connectivity index (χ0) is 16.6. The summed E-state index contributed by atoms with van der Waals surface area (Å²) in [5, 5.41) is 1.91. The van der Waals surface area contributed by atoms with Crippen molar-refractivity contribution < 1.29 is 0 Å². The van der Waals surface area contributed by atoms with Crippen LogP contribution < -0.4 is 0 Å². The Balaban J connectivity index is 2.13. The van der Waals surface area contributed by atoms with Crippen molar-refractivity contribution in [2.75, 3.05) is 0 Å². The fourth-order valence-electron chi connectivity index (χ4n) is 3.00. The fourth-order valence-corrected chi connectivity index (χ4v) is 3.27. The predicted octanol–water partition coefficient (Wildman–Crippen LogP) is 6.13. The molecular formula is C20H23ClN2. The van der Waals surface area contributed by atoms with Gasteiger partial charge in [-0.25, -0.2) is 0 Å². The molecule has 3 aromatic rings. The van der Waals surface area contributed by atoms with E-state index in [0.29, 0.717) is 5.92 Å². The van der Waals surface area contributed by atoms with Crippen molar-refractivity contribution in [3.63, 3.8) is 0 Å². The van der Waals surface area contributed by atoms with Gasteiger partial charge < -0.3 is 4.98 Å². The molecule has 0 saturated carbocycles. The van der Waals surface area contributed by atoms with Crippen LogP contribution in [0.15, 0.2) is 30.5 Å². The first-order chi connectivity index (χ1) is 11.0. The van der Waals surface area contributed by atoms with E-state index in [-0.39, 0.29) is 0 Å². The monoisotopic (exact) mass is 326 g/mol. The smallest absolute Gasteiger partial charge is 0.0720 e. The van der Waals surface area contributed by atoms with Gasteiger partial charge in [-0.1, -0.05) is 39.3 Å². The second-order valence-corrected chi connectivity index (χ2v) is 6.75. The molecule has 3 rings (SSSR count). The van der Waals surface area contributed by atoms with Crippen LogP contribution in [0.1, 0.15) is 50.4 Å². The molecule has 2 aromatic heterocycles. The van der Waals surface area contributed by atoms with Gasteiger partial charge in [0.05, 0.1) is 10.7 Å². The highest BCUT2D eigenvalue weighted by molar-refractivity contribution is 6.34. The number of rotatable bonds is 4. The summed E-state index contributed by atoms with van der Waals surface area (Å²) in [4.78, 5) is 8.14. The average Bonchev–Trinajstić information content (AvgIpc) is 2.96. The Kier molecular flexibility index (Phi) is 4.45. The van der Waals surface area contributed by atoms with E-state index in [1.165, 1.54) is 16.8 Å². The Labute approximate surface area is 142 Å². The number of aromatic nitrogens is 2. The Morgan fingerprint density at radius 1 is 1.04 bits per heavy atom. The highest BCUT2D eigenvalue weighted by atomic mass is 35.5. The second-order valence-electron chi connectivity index (χ2n) is 6.34. The van der Waals surface area contributed by atoms with E-state index in [2.05, 4.69) is 55.9 Å². The van der Waals surface area contributed by atoms with Crippen LogP contribution in [0, 0.1) is 0 Å². The van der Waals surface area contributed by atoms with E-state index in [9.17, 15) is 0 Å². The Hall–Kier alpha value is -1.80. The first-order valence-electron chi connectivity index (χ1n) is 8.33. The average molecular weight is 327 g/mol. The van der Waals surface area contributed by atoms with Crippen molar-refractivity contribution in [3.05, 3.63) is 52.3 Å². The van der Waals surface area contributed by atoms with Crippen LogP contribution in [0.4, 0.5) is 0 Å². The molecule has 0 radical (unpaired) electrons. The topological polar surface area (TPSA) is 28.7 Å². The summed E-state index contributed by atoms with van der Waals surface area (Å²) in [6.07, 6.45) is 4.01. The number of hydrogen-bond acceptors (Lipinski definition) is 1. The van der Waals surface area contributed by atoms with Crippen molar-refractivity contribution in [1.29, 1.82) is 0 Å². The standard InChI is InChI=1S/C20H23ClN2/c1-5-13-8-20(22-11-14(13)6-2)16-10-19-15(7-17(16)21)9-18(23-19)12(3)4/h7-12,23H,5-6H2,1-4H3. The number of nitrogens with one attached hydrogen (secondary N) is 1. The molecule has 120 valence electrons. The van der Waals surface area contributed by atoms with Gasteiger partial charge in [0.1, 0.15) is 0 Å². The molecule has 0 aliphatic rings. The SMILES string of the molecule is CCc1cnc(-c2cc3[nH]c(C(C)C)cc3cc2Cl)cc1CC. The fraction of sp³-hybridized carbons (Fsp3) is 0.350. The molecule has 3 heteroatoms. The van der Waals surface area contributed by atoms with Crippen molar-refractivity contribution in [2.24, 2.45) is 0 Å². The van der Waals surface area contributed by atoms with Crippen LogP contribution in [-0.4, -0.2) is 9.97 Å². The summed E-state index contributed by atoms with van der Waals surface area (Å²) >= 11 is 6.54. The van der Waals surface area contributed by atoms with Gasteiger partial charge in [0.25, 0.3) is 0 Å². The highest BCUT2D eigenvalue weighted by Gasteiger charge is 2.12. The molecule has 2 heterocycles. The lowest BCUT2D eigenvalue weighted by atomic mass is 10.0. The number of H-pyrrole nitrogens is 1. The normalized spacial score (nSPS) is 11.6. The molecule has 0 atom stereocenters. The molecule has 0 fully saturated rings. The van der Waals surface area contributed by atoms with Gasteiger partial charge in [-0.15, -0.1) is 0 Å². The number of benzene rings is 1. The maximum Gasteiger partial charge on any atom is 0.0720 e. The third kappa shape index (κ3) is 3.00. The van der Waals surface area contributed by atoms with Gasteiger partial charge in [-0.3, -0.25) is 4.98 Å². The first-order valence-corrected chi connectivity index (χ1v) is 8.71. The number of nitrogens with zero attached hydrogens (tertiary/aromatic N) is 1. The Morgan fingerprint density at radius 2 is 1.78 bits per heavy atom. The van der Waals surface area contributed by atoms with Gasteiger partial charge >= 0.3 is 0 Å². The van der Waals surface area contributed by atoms with E-state index in [0.717, 1.165) is 40.0 Å². The highest BCUT2D eigenvalue weighted by Crippen LogP contribution is 2.33. The molecule has 0 saturated heterocycles. The van der Waals surface area contributed by atoms with Crippen LogP contribution in [0.5, 0.6) is 0 Å². The summed E-state index contributed by atoms with van der Waals surface area (Å²) < 4.78 is 0. The molecule has 2 nitrogen and oxygen atoms in total. The summed E-state index contributed by atoms with van der Waals surface area (Å²) in [6.45, 7) is 8.72. The minimum atomic E-state index is 0.471. The van der Waals surface area contributed by atoms with Crippen LogP contribution in [0.2, 0.25) is 5.02 Å².